The van der Waals surface area contributed by atoms with Gasteiger partial charge in [-0.15, -0.1) is 0 Å². The van der Waals surface area contributed by atoms with Crippen molar-refractivity contribution in [1.29, 1.82) is 0 Å². The van der Waals surface area contributed by atoms with Crippen molar-refractivity contribution in [1.82, 2.24) is 10.2 Å². The smallest absolute Gasteiger partial charge is 0.408 e. The van der Waals surface area contributed by atoms with Gasteiger partial charge in [0.05, 0.1) is 7.11 Å². The number of nitrogens with one attached hydrogen (secondary N) is 2. The third-order valence-electron chi connectivity index (χ3n) is 5.77. The van der Waals surface area contributed by atoms with Gasteiger partial charge in [-0.25, -0.2) is 4.79 Å². The van der Waals surface area contributed by atoms with E-state index in [0.717, 1.165) is 12.0 Å². The zero-order chi connectivity index (χ0) is 25.8. The van der Waals surface area contributed by atoms with E-state index in [1.165, 1.54) is 0 Å². The summed E-state index contributed by atoms with van der Waals surface area (Å²) in [4.78, 5) is 40.8. The normalized spacial score (nSPS) is 17.7. The van der Waals surface area contributed by atoms with Crippen molar-refractivity contribution in [2.24, 2.45) is 5.92 Å². The van der Waals surface area contributed by atoms with E-state index in [1.54, 1.807) is 57.0 Å². The van der Waals surface area contributed by atoms with Crippen LogP contribution in [0, 0.1) is 12.8 Å². The molecule has 1 saturated carbocycles. The maximum absolute atomic E-state index is 13.6. The van der Waals surface area contributed by atoms with Crippen LogP contribution < -0.4 is 15.4 Å². The lowest BCUT2D eigenvalue weighted by molar-refractivity contribution is -0.139. The number of anilines is 1. The molecule has 3 amide bonds. The molecule has 0 aromatic heterocycles. The lowest BCUT2D eigenvalue weighted by atomic mass is 10.0. The minimum atomic E-state index is -0.861. The number of rotatable bonds is 8. The summed E-state index contributed by atoms with van der Waals surface area (Å²) < 4.78 is 10.4. The third kappa shape index (κ3) is 7.21. The minimum absolute atomic E-state index is 0.101. The van der Waals surface area contributed by atoms with Gasteiger partial charge >= 0.3 is 6.09 Å². The highest BCUT2D eigenvalue weighted by atomic mass is 16.6. The first-order chi connectivity index (χ1) is 16.5. The average molecular weight is 482 g/mol. The zero-order valence-electron chi connectivity index (χ0n) is 21.3. The second kappa shape index (κ2) is 10.8. The number of hydrogen-bond acceptors (Lipinski definition) is 5. The number of methoxy groups -OCH3 is 1. The number of carbonyl (C=O) groups excluding carboxylic acids is 3. The van der Waals surface area contributed by atoms with Crippen LogP contribution in [0.4, 0.5) is 10.5 Å². The molecule has 3 rings (SSSR count). The Bertz CT molecular complexity index is 1040. The Morgan fingerprint density at radius 3 is 2.17 bits per heavy atom. The molecule has 2 aromatic rings. The molecule has 1 aliphatic rings. The Hall–Kier alpha value is -3.55. The summed E-state index contributed by atoms with van der Waals surface area (Å²) in [6, 6.07) is 13.6. The molecule has 0 heterocycles. The predicted octanol–water partition coefficient (Wildman–Crippen LogP) is 4.45. The second-order valence-electron chi connectivity index (χ2n) is 9.97. The molecular formula is C27H35N3O5. The molecule has 0 radical (unpaired) electrons. The lowest BCUT2D eigenvalue weighted by Crippen LogP contribution is -2.48. The van der Waals surface area contributed by atoms with Gasteiger partial charge in [0.2, 0.25) is 5.91 Å². The van der Waals surface area contributed by atoms with E-state index in [9.17, 15) is 14.4 Å². The molecule has 1 aliphatic carbocycles. The fourth-order valence-electron chi connectivity index (χ4n) is 3.84. The Labute approximate surface area is 207 Å². The summed E-state index contributed by atoms with van der Waals surface area (Å²) in [7, 11) is 1.58. The summed E-state index contributed by atoms with van der Waals surface area (Å²) in [5.41, 5.74) is 1.66. The van der Waals surface area contributed by atoms with Crippen LogP contribution in [0.25, 0.3) is 0 Å². The molecule has 8 nitrogen and oxygen atoms in total. The van der Waals surface area contributed by atoms with E-state index in [0.29, 0.717) is 17.0 Å². The summed E-state index contributed by atoms with van der Waals surface area (Å²) in [6.45, 7) is 9.00. The summed E-state index contributed by atoms with van der Waals surface area (Å²) >= 11 is 0. The van der Waals surface area contributed by atoms with Gasteiger partial charge in [0.25, 0.3) is 5.91 Å². The van der Waals surface area contributed by atoms with Crippen molar-refractivity contribution in [2.45, 2.75) is 58.7 Å². The van der Waals surface area contributed by atoms with E-state index in [1.807, 2.05) is 38.1 Å². The molecule has 188 valence electrons. The first-order valence-electron chi connectivity index (χ1n) is 11.8. The Kier molecular flexibility index (Phi) is 8.04. The topological polar surface area (TPSA) is 97.0 Å². The van der Waals surface area contributed by atoms with Crippen LogP contribution in [0.3, 0.4) is 0 Å². The standard InChI is InChI=1S/C27H35N3O5/c1-17-7-9-19(10-8-17)24(25(32)29-20-11-13-21(34-6)14-12-20)30(22-15-18(22)2)23(31)16-28-26(33)35-27(3,4)5/h7-14,18,22,24H,15-16H2,1-6H3,(H,28,33)(H,29,32). The number of nitrogens with zero attached hydrogens (tertiary/aromatic N) is 1. The highest BCUT2D eigenvalue weighted by molar-refractivity contribution is 5.98. The van der Waals surface area contributed by atoms with Gasteiger partial charge in [0.1, 0.15) is 23.9 Å². The molecular weight excluding hydrogens is 446 g/mol. The van der Waals surface area contributed by atoms with E-state index in [2.05, 4.69) is 10.6 Å². The highest BCUT2D eigenvalue weighted by Crippen LogP contribution is 2.40. The number of carbonyl (C=O) groups is 3. The molecule has 3 unspecified atom stereocenters. The fourth-order valence-corrected chi connectivity index (χ4v) is 3.84. The van der Waals surface area contributed by atoms with Crippen LogP contribution in [0.15, 0.2) is 48.5 Å². The van der Waals surface area contributed by atoms with Gasteiger partial charge in [-0.1, -0.05) is 36.8 Å². The van der Waals surface area contributed by atoms with Crippen LogP contribution in [-0.4, -0.2) is 48.1 Å². The molecule has 8 heteroatoms. The highest BCUT2D eigenvalue weighted by Gasteiger charge is 2.46. The van der Waals surface area contributed by atoms with Crippen LogP contribution in [0.2, 0.25) is 0 Å². The zero-order valence-corrected chi connectivity index (χ0v) is 21.3. The molecule has 35 heavy (non-hydrogen) atoms. The van der Waals surface area contributed by atoms with E-state index >= 15 is 0 Å². The fraction of sp³-hybridized carbons (Fsp3) is 0.444. The van der Waals surface area contributed by atoms with Crippen molar-refractivity contribution >= 4 is 23.6 Å². The maximum Gasteiger partial charge on any atom is 0.408 e. The monoisotopic (exact) mass is 481 g/mol. The molecule has 0 saturated heterocycles. The third-order valence-corrected chi connectivity index (χ3v) is 5.77. The largest absolute Gasteiger partial charge is 0.497 e. The van der Waals surface area contributed by atoms with Gasteiger partial charge in [-0.05, 0) is 69.9 Å². The quantitative estimate of drug-likeness (QED) is 0.581. The molecule has 0 spiro atoms. The van der Waals surface area contributed by atoms with E-state index in [4.69, 9.17) is 9.47 Å². The van der Waals surface area contributed by atoms with Crippen LogP contribution in [0.1, 0.15) is 51.3 Å². The number of alkyl carbamates (subject to hydrolysis) is 1. The molecule has 0 aliphatic heterocycles. The molecule has 0 bridgehead atoms. The lowest BCUT2D eigenvalue weighted by Gasteiger charge is -2.32. The number of hydrogen-bond donors (Lipinski definition) is 2. The van der Waals surface area contributed by atoms with Crippen LogP contribution >= 0.6 is 0 Å². The van der Waals surface area contributed by atoms with Gasteiger partial charge in [0.15, 0.2) is 0 Å². The number of benzene rings is 2. The SMILES string of the molecule is COc1ccc(NC(=O)C(c2ccc(C)cc2)N(C(=O)CNC(=O)OC(C)(C)C)C2CC2C)cc1. The van der Waals surface area contributed by atoms with Crippen LogP contribution in [0.5, 0.6) is 5.75 Å². The van der Waals surface area contributed by atoms with E-state index in [-0.39, 0.29) is 30.3 Å². The average Bonchev–Trinajstić information content (AvgIpc) is 3.51. The first-order valence-corrected chi connectivity index (χ1v) is 11.8. The Morgan fingerprint density at radius 2 is 1.66 bits per heavy atom. The molecule has 1 fully saturated rings. The Balaban J connectivity index is 1.87. The second-order valence-corrected chi connectivity index (χ2v) is 9.97. The van der Waals surface area contributed by atoms with Gasteiger partial charge < -0.3 is 25.0 Å². The number of ether oxygens (including phenoxy) is 2. The predicted molar refractivity (Wildman–Crippen MR) is 134 cm³/mol. The van der Waals surface area contributed by atoms with E-state index < -0.39 is 17.7 Å². The Morgan fingerprint density at radius 1 is 1.06 bits per heavy atom. The summed E-state index contributed by atoms with van der Waals surface area (Å²) in [5, 5.41) is 5.47. The molecule has 2 N–H and O–H groups in total. The first kappa shape index (κ1) is 26.1. The maximum atomic E-state index is 13.6. The number of aryl methyl sites for hydroxylation is 1. The van der Waals surface area contributed by atoms with Crippen molar-refractivity contribution in [3.63, 3.8) is 0 Å². The van der Waals surface area contributed by atoms with Gasteiger partial charge in [-0.2, -0.15) is 0 Å². The van der Waals surface area contributed by atoms with Gasteiger partial charge in [-0.3, -0.25) is 9.59 Å². The minimum Gasteiger partial charge on any atom is -0.497 e. The number of amides is 3. The van der Waals surface area contributed by atoms with Crippen molar-refractivity contribution in [3.05, 3.63) is 59.7 Å². The summed E-state index contributed by atoms with van der Waals surface area (Å²) in [6.07, 6.45) is 0.111. The van der Waals surface area contributed by atoms with Crippen molar-refractivity contribution in [3.8, 4) is 5.75 Å². The van der Waals surface area contributed by atoms with Gasteiger partial charge in [0, 0.05) is 11.7 Å². The molecule has 2 aromatic carbocycles. The van der Waals surface area contributed by atoms with Crippen LogP contribution in [-0.2, 0) is 14.3 Å². The van der Waals surface area contributed by atoms with Crippen molar-refractivity contribution in [2.75, 3.05) is 19.0 Å². The summed E-state index contributed by atoms with van der Waals surface area (Å²) in [5.74, 6) is 0.251. The molecule has 3 atom stereocenters. The van der Waals surface area contributed by atoms with Crippen molar-refractivity contribution < 1.29 is 23.9 Å².